The number of anilines is 2. The molecule has 0 aliphatic rings. The van der Waals surface area contributed by atoms with Crippen LogP contribution in [0.25, 0.3) is 0 Å². The zero-order valence-corrected chi connectivity index (χ0v) is 16.4. The molecule has 0 radical (unpaired) electrons. The summed E-state index contributed by atoms with van der Waals surface area (Å²) in [7, 11) is 0. The van der Waals surface area contributed by atoms with Crippen LogP contribution in [-0.4, -0.2) is 37.0 Å². The maximum Gasteiger partial charge on any atom is 0.253 e. The third-order valence-electron chi connectivity index (χ3n) is 4.88. The van der Waals surface area contributed by atoms with Crippen molar-refractivity contribution in [3.8, 4) is 0 Å². The van der Waals surface area contributed by atoms with Crippen LogP contribution in [0.5, 0.6) is 0 Å². The van der Waals surface area contributed by atoms with Crippen LogP contribution in [-0.2, 0) is 0 Å². The zero-order valence-electron chi connectivity index (χ0n) is 16.4. The number of para-hydroxylation sites is 1. The van der Waals surface area contributed by atoms with Gasteiger partial charge in [-0.25, -0.2) is 0 Å². The van der Waals surface area contributed by atoms with Crippen molar-refractivity contribution in [3.63, 3.8) is 0 Å². The molecule has 0 aliphatic carbocycles. The molecule has 2 aromatic carbocycles. The first kappa shape index (κ1) is 20.0. The number of aryl methyl sites for hydroxylation is 1. The molecule has 2 aromatic rings. The minimum absolute atomic E-state index is 0.0297. The minimum Gasteiger partial charge on any atom is -0.355 e. The molecule has 1 amide bonds. The Morgan fingerprint density at radius 3 is 2.38 bits per heavy atom. The monoisotopic (exact) mass is 353 g/mol. The quantitative estimate of drug-likeness (QED) is 0.652. The van der Waals surface area contributed by atoms with Crippen molar-refractivity contribution in [1.82, 2.24) is 10.2 Å². The number of hydrogen-bond acceptors (Lipinski definition) is 3. The third-order valence-corrected chi connectivity index (χ3v) is 4.88. The Kier molecular flexibility index (Phi) is 7.67. The Morgan fingerprint density at radius 1 is 0.962 bits per heavy atom. The molecule has 0 aromatic heterocycles. The number of nitrogens with one attached hydrogen (secondary N) is 2. The van der Waals surface area contributed by atoms with Crippen LogP contribution in [0.2, 0.25) is 0 Å². The molecule has 0 aliphatic heterocycles. The highest BCUT2D eigenvalue weighted by Gasteiger charge is 2.12. The first-order chi connectivity index (χ1) is 12.6. The molecule has 0 unspecified atom stereocenters. The zero-order chi connectivity index (χ0) is 18.9. The minimum atomic E-state index is -0.0297. The third kappa shape index (κ3) is 5.33. The van der Waals surface area contributed by atoms with E-state index in [1.165, 1.54) is 11.1 Å². The molecule has 0 spiro atoms. The van der Waals surface area contributed by atoms with E-state index in [9.17, 15) is 4.79 Å². The van der Waals surface area contributed by atoms with Gasteiger partial charge in [0.25, 0.3) is 5.91 Å². The molecule has 4 heteroatoms. The van der Waals surface area contributed by atoms with Gasteiger partial charge < -0.3 is 15.5 Å². The summed E-state index contributed by atoms with van der Waals surface area (Å²) >= 11 is 0. The fourth-order valence-electron chi connectivity index (χ4n) is 2.96. The van der Waals surface area contributed by atoms with Crippen LogP contribution < -0.4 is 10.6 Å². The van der Waals surface area contributed by atoms with E-state index in [-0.39, 0.29) is 5.91 Å². The first-order valence-electron chi connectivity index (χ1n) is 9.49. The average Bonchev–Trinajstić information content (AvgIpc) is 2.66. The van der Waals surface area contributed by atoms with E-state index in [1.807, 2.05) is 36.4 Å². The molecular weight excluding hydrogens is 322 g/mol. The van der Waals surface area contributed by atoms with Crippen molar-refractivity contribution < 1.29 is 4.79 Å². The maximum absolute atomic E-state index is 12.6. The van der Waals surface area contributed by atoms with E-state index in [0.717, 1.165) is 37.4 Å². The second-order valence-corrected chi connectivity index (χ2v) is 6.55. The van der Waals surface area contributed by atoms with Crippen LogP contribution in [0, 0.1) is 13.8 Å². The molecule has 0 saturated heterocycles. The smallest absolute Gasteiger partial charge is 0.253 e. The van der Waals surface area contributed by atoms with Crippen LogP contribution in [0.4, 0.5) is 11.4 Å². The standard InChI is InChI=1S/C22H31N3O/c1-5-25(6-2)16-10-15-23-22(26)19-12-7-8-13-21(19)24-20-14-9-11-17(3)18(20)4/h7-9,11-14,24H,5-6,10,15-16H2,1-4H3,(H,23,26). The summed E-state index contributed by atoms with van der Waals surface area (Å²) in [5.41, 5.74) is 4.97. The molecule has 0 atom stereocenters. The second kappa shape index (κ2) is 9.97. The molecule has 4 nitrogen and oxygen atoms in total. The molecule has 140 valence electrons. The van der Waals surface area contributed by atoms with Gasteiger partial charge in [-0.2, -0.15) is 0 Å². The normalized spacial score (nSPS) is 10.8. The highest BCUT2D eigenvalue weighted by molar-refractivity contribution is 6.00. The van der Waals surface area contributed by atoms with Crippen LogP contribution >= 0.6 is 0 Å². The highest BCUT2D eigenvalue weighted by Crippen LogP contribution is 2.25. The van der Waals surface area contributed by atoms with Gasteiger partial charge in [-0.3, -0.25) is 4.79 Å². The summed E-state index contributed by atoms with van der Waals surface area (Å²) in [6.07, 6.45) is 0.958. The first-order valence-corrected chi connectivity index (χ1v) is 9.49. The number of benzene rings is 2. The van der Waals surface area contributed by atoms with Gasteiger partial charge in [0.1, 0.15) is 0 Å². The summed E-state index contributed by atoms with van der Waals surface area (Å²) < 4.78 is 0. The topological polar surface area (TPSA) is 44.4 Å². The predicted octanol–water partition coefficient (Wildman–Crippen LogP) is 4.51. The fraction of sp³-hybridized carbons (Fsp3) is 0.409. The summed E-state index contributed by atoms with van der Waals surface area (Å²) in [5.74, 6) is -0.0297. The summed E-state index contributed by atoms with van der Waals surface area (Å²) in [6, 6.07) is 13.8. The lowest BCUT2D eigenvalue weighted by Gasteiger charge is -2.18. The van der Waals surface area contributed by atoms with Gasteiger partial charge in [-0.15, -0.1) is 0 Å². The van der Waals surface area contributed by atoms with Crippen LogP contribution in [0.1, 0.15) is 41.8 Å². The molecule has 0 heterocycles. The Morgan fingerprint density at radius 2 is 1.65 bits per heavy atom. The van der Waals surface area contributed by atoms with Gasteiger partial charge in [-0.1, -0.05) is 38.1 Å². The molecule has 26 heavy (non-hydrogen) atoms. The van der Waals surface area contributed by atoms with E-state index in [1.54, 1.807) is 0 Å². The van der Waals surface area contributed by atoms with Crippen molar-refractivity contribution >= 4 is 17.3 Å². The lowest BCUT2D eigenvalue weighted by atomic mass is 10.1. The van der Waals surface area contributed by atoms with Crippen molar-refractivity contribution in [3.05, 3.63) is 59.2 Å². The van der Waals surface area contributed by atoms with E-state index in [4.69, 9.17) is 0 Å². The molecule has 0 bridgehead atoms. The summed E-state index contributed by atoms with van der Waals surface area (Å²) in [5, 5.41) is 6.47. The Bertz CT molecular complexity index is 723. The number of amides is 1. The van der Waals surface area contributed by atoms with Gasteiger partial charge in [-0.05, 0) is 69.2 Å². The molecule has 2 N–H and O–H groups in total. The van der Waals surface area contributed by atoms with Gasteiger partial charge in [0.15, 0.2) is 0 Å². The van der Waals surface area contributed by atoms with Crippen molar-refractivity contribution in [1.29, 1.82) is 0 Å². The SMILES string of the molecule is CCN(CC)CCCNC(=O)c1ccccc1Nc1cccc(C)c1C. The Balaban J connectivity index is 2.01. The van der Waals surface area contributed by atoms with E-state index < -0.39 is 0 Å². The molecular formula is C22H31N3O. The molecule has 0 fully saturated rings. The Hall–Kier alpha value is -2.33. The summed E-state index contributed by atoms with van der Waals surface area (Å²) in [4.78, 5) is 15.0. The van der Waals surface area contributed by atoms with E-state index >= 15 is 0 Å². The van der Waals surface area contributed by atoms with Gasteiger partial charge in [0.05, 0.1) is 11.3 Å². The number of nitrogens with zero attached hydrogens (tertiary/aromatic N) is 1. The van der Waals surface area contributed by atoms with Crippen molar-refractivity contribution in [2.75, 3.05) is 31.5 Å². The van der Waals surface area contributed by atoms with Crippen molar-refractivity contribution in [2.24, 2.45) is 0 Å². The van der Waals surface area contributed by atoms with Gasteiger partial charge >= 0.3 is 0 Å². The van der Waals surface area contributed by atoms with E-state index in [0.29, 0.717) is 12.1 Å². The predicted molar refractivity (Wildman–Crippen MR) is 110 cm³/mol. The van der Waals surface area contributed by atoms with Crippen LogP contribution in [0.3, 0.4) is 0 Å². The molecule has 0 saturated carbocycles. The largest absolute Gasteiger partial charge is 0.355 e. The Labute approximate surface area is 157 Å². The fourth-order valence-corrected chi connectivity index (χ4v) is 2.96. The lowest BCUT2D eigenvalue weighted by molar-refractivity contribution is 0.0952. The number of carbonyl (C=O) groups is 1. The lowest BCUT2D eigenvalue weighted by Crippen LogP contribution is -2.30. The maximum atomic E-state index is 12.6. The molecule has 2 rings (SSSR count). The van der Waals surface area contributed by atoms with Crippen LogP contribution in [0.15, 0.2) is 42.5 Å². The van der Waals surface area contributed by atoms with Gasteiger partial charge in [0.2, 0.25) is 0 Å². The number of hydrogen-bond donors (Lipinski definition) is 2. The number of rotatable bonds is 9. The average molecular weight is 354 g/mol. The van der Waals surface area contributed by atoms with Gasteiger partial charge in [0, 0.05) is 12.2 Å². The van der Waals surface area contributed by atoms with Crippen molar-refractivity contribution in [2.45, 2.75) is 34.1 Å². The highest BCUT2D eigenvalue weighted by atomic mass is 16.1. The summed E-state index contributed by atoms with van der Waals surface area (Å²) in [6.45, 7) is 12.3. The number of carbonyl (C=O) groups excluding carboxylic acids is 1. The second-order valence-electron chi connectivity index (χ2n) is 6.55. The van der Waals surface area contributed by atoms with E-state index in [2.05, 4.69) is 49.3 Å².